The summed E-state index contributed by atoms with van der Waals surface area (Å²) in [4.78, 5) is 8.31. The molecule has 4 nitrogen and oxygen atoms in total. The van der Waals surface area contributed by atoms with Crippen LogP contribution in [0.4, 0.5) is 21.7 Å². The highest BCUT2D eigenvalue weighted by atomic mass is 19.1. The molecule has 0 bridgehead atoms. The van der Waals surface area contributed by atoms with Gasteiger partial charge in [-0.2, -0.15) is 0 Å². The molecule has 0 amide bonds. The molecular weight excluding hydrogens is 219 g/mol. The maximum atomic E-state index is 12.9. The molecule has 2 rings (SSSR count). The molecule has 1 aromatic carbocycles. The van der Waals surface area contributed by atoms with Gasteiger partial charge >= 0.3 is 0 Å². The van der Waals surface area contributed by atoms with Crippen LogP contribution in [0.25, 0.3) is 0 Å². The zero-order valence-corrected chi connectivity index (χ0v) is 9.66. The minimum absolute atomic E-state index is 0.247. The van der Waals surface area contributed by atoms with Gasteiger partial charge in [-0.3, -0.25) is 4.98 Å². The smallest absolute Gasteiger partial charge is 0.151 e. The number of aromatic nitrogens is 2. The largest absolute Gasteiger partial charge is 0.372 e. The van der Waals surface area contributed by atoms with Gasteiger partial charge in [-0.05, 0) is 30.7 Å². The number of hydrogen-bond acceptors (Lipinski definition) is 4. The zero-order valence-electron chi connectivity index (χ0n) is 9.66. The first-order valence-corrected chi connectivity index (χ1v) is 5.22. The van der Waals surface area contributed by atoms with Gasteiger partial charge in [0.05, 0.1) is 12.4 Å². The van der Waals surface area contributed by atoms with E-state index in [0.29, 0.717) is 11.6 Å². The van der Waals surface area contributed by atoms with E-state index in [4.69, 9.17) is 0 Å². The molecule has 0 aliphatic rings. The summed E-state index contributed by atoms with van der Waals surface area (Å²) < 4.78 is 12.9. The maximum absolute atomic E-state index is 12.9. The van der Waals surface area contributed by atoms with Crippen LogP contribution < -0.4 is 10.6 Å². The fourth-order valence-corrected chi connectivity index (χ4v) is 1.45. The van der Waals surface area contributed by atoms with Crippen LogP contribution in [-0.4, -0.2) is 17.0 Å². The van der Waals surface area contributed by atoms with E-state index in [9.17, 15) is 4.39 Å². The van der Waals surface area contributed by atoms with Gasteiger partial charge in [0.25, 0.3) is 0 Å². The van der Waals surface area contributed by atoms with Gasteiger partial charge < -0.3 is 10.6 Å². The number of rotatable bonds is 3. The second kappa shape index (κ2) is 4.78. The molecule has 0 atom stereocenters. The summed E-state index contributed by atoms with van der Waals surface area (Å²) in [6.45, 7) is 1.83. The molecule has 1 aromatic heterocycles. The quantitative estimate of drug-likeness (QED) is 0.854. The molecule has 0 radical (unpaired) electrons. The van der Waals surface area contributed by atoms with E-state index in [-0.39, 0.29) is 5.82 Å². The lowest BCUT2D eigenvalue weighted by Gasteiger charge is -2.09. The van der Waals surface area contributed by atoms with E-state index < -0.39 is 0 Å². The second-order valence-corrected chi connectivity index (χ2v) is 3.62. The van der Waals surface area contributed by atoms with Crippen molar-refractivity contribution in [2.24, 2.45) is 0 Å². The Morgan fingerprint density at radius 2 is 1.94 bits per heavy atom. The molecule has 0 unspecified atom stereocenters. The van der Waals surface area contributed by atoms with Crippen molar-refractivity contribution in [1.82, 2.24) is 9.97 Å². The highest BCUT2D eigenvalue weighted by Gasteiger charge is 2.02. The van der Waals surface area contributed by atoms with Crippen molar-refractivity contribution in [3.63, 3.8) is 0 Å². The van der Waals surface area contributed by atoms with Crippen molar-refractivity contribution in [2.75, 3.05) is 17.7 Å². The van der Waals surface area contributed by atoms with Gasteiger partial charge in [0.1, 0.15) is 11.6 Å². The molecule has 0 aliphatic heterocycles. The molecule has 2 aromatic rings. The third kappa shape index (κ3) is 2.69. The highest BCUT2D eigenvalue weighted by Crippen LogP contribution is 2.20. The van der Waals surface area contributed by atoms with Crippen LogP contribution in [0, 0.1) is 12.7 Å². The summed E-state index contributed by atoms with van der Waals surface area (Å²) in [6, 6.07) is 4.56. The van der Waals surface area contributed by atoms with Crippen molar-refractivity contribution in [3.8, 4) is 0 Å². The van der Waals surface area contributed by atoms with Crippen LogP contribution in [0.5, 0.6) is 0 Å². The Kier molecular flexibility index (Phi) is 3.18. The average molecular weight is 232 g/mol. The molecule has 0 aliphatic carbocycles. The summed E-state index contributed by atoms with van der Waals surface area (Å²) in [5, 5.41) is 6.00. The van der Waals surface area contributed by atoms with Gasteiger partial charge in [-0.25, -0.2) is 9.37 Å². The van der Waals surface area contributed by atoms with Gasteiger partial charge in [0.2, 0.25) is 0 Å². The summed E-state index contributed by atoms with van der Waals surface area (Å²) in [6.07, 6.45) is 3.24. The maximum Gasteiger partial charge on any atom is 0.151 e. The standard InChI is InChI=1S/C12H13FN4/c1-8-5-9(13)3-4-10(8)16-12-7-15-6-11(14-2)17-12/h3-7H,1-2H3,(H2,14,16,17). The first kappa shape index (κ1) is 11.3. The lowest BCUT2D eigenvalue weighted by Crippen LogP contribution is -2.00. The molecular formula is C12H13FN4. The minimum atomic E-state index is -0.247. The van der Waals surface area contributed by atoms with Crippen molar-refractivity contribution in [1.29, 1.82) is 0 Å². The van der Waals surface area contributed by atoms with Gasteiger partial charge in [-0.15, -0.1) is 0 Å². The Morgan fingerprint density at radius 1 is 1.18 bits per heavy atom. The van der Waals surface area contributed by atoms with Crippen molar-refractivity contribution >= 4 is 17.3 Å². The summed E-state index contributed by atoms with van der Waals surface area (Å²) in [5.41, 5.74) is 1.63. The third-order valence-corrected chi connectivity index (χ3v) is 2.34. The van der Waals surface area contributed by atoms with E-state index in [2.05, 4.69) is 20.6 Å². The number of nitrogens with one attached hydrogen (secondary N) is 2. The van der Waals surface area contributed by atoms with Crippen molar-refractivity contribution in [3.05, 3.63) is 42.0 Å². The van der Waals surface area contributed by atoms with E-state index in [1.54, 1.807) is 25.5 Å². The number of aryl methyl sites for hydroxylation is 1. The SMILES string of the molecule is CNc1cncc(Nc2ccc(F)cc2C)n1. The lowest BCUT2D eigenvalue weighted by atomic mass is 10.2. The van der Waals surface area contributed by atoms with Crippen LogP contribution in [0.15, 0.2) is 30.6 Å². The third-order valence-electron chi connectivity index (χ3n) is 2.34. The monoisotopic (exact) mass is 232 g/mol. The molecule has 0 fully saturated rings. The van der Waals surface area contributed by atoms with E-state index in [1.165, 1.54) is 12.1 Å². The summed E-state index contributed by atoms with van der Waals surface area (Å²) in [7, 11) is 1.77. The van der Waals surface area contributed by atoms with E-state index in [0.717, 1.165) is 11.3 Å². The van der Waals surface area contributed by atoms with E-state index >= 15 is 0 Å². The normalized spacial score (nSPS) is 10.1. The highest BCUT2D eigenvalue weighted by molar-refractivity contribution is 5.60. The fraction of sp³-hybridized carbons (Fsp3) is 0.167. The van der Waals surface area contributed by atoms with Crippen LogP contribution >= 0.6 is 0 Å². The van der Waals surface area contributed by atoms with Crippen LogP contribution in [0.3, 0.4) is 0 Å². The van der Waals surface area contributed by atoms with E-state index in [1.807, 2.05) is 6.92 Å². The second-order valence-electron chi connectivity index (χ2n) is 3.62. The molecule has 88 valence electrons. The topological polar surface area (TPSA) is 49.8 Å². The first-order valence-electron chi connectivity index (χ1n) is 5.22. The Bertz CT molecular complexity index is 528. The molecule has 0 spiro atoms. The zero-order chi connectivity index (χ0) is 12.3. The van der Waals surface area contributed by atoms with Crippen LogP contribution in [0.2, 0.25) is 0 Å². The van der Waals surface area contributed by atoms with Gasteiger partial charge in [0, 0.05) is 12.7 Å². The average Bonchev–Trinajstić information content (AvgIpc) is 2.33. The molecule has 0 saturated heterocycles. The Labute approximate surface area is 98.9 Å². The number of benzene rings is 1. The first-order chi connectivity index (χ1) is 8.19. The number of nitrogens with zero attached hydrogens (tertiary/aromatic N) is 2. The minimum Gasteiger partial charge on any atom is -0.372 e. The lowest BCUT2D eigenvalue weighted by molar-refractivity contribution is 0.627. The molecule has 0 saturated carbocycles. The molecule has 5 heteroatoms. The molecule has 1 heterocycles. The number of hydrogen-bond donors (Lipinski definition) is 2. The predicted molar refractivity (Wildman–Crippen MR) is 66.0 cm³/mol. The number of anilines is 3. The fourth-order valence-electron chi connectivity index (χ4n) is 1.45. The Morgan fingerprint density at radius 3 is 2.65 bits per heavy atom. The van der Waals surface area contributed by atoms with Crippen LogP contribution in [0.1, 0.15) is 5.56 Å². The molecule has 17 heavy (non-hydrogen) atoms. The Hall–Kier alpha value is -2.17. The van der Waals surface area contributed by atoms with Gasteiger partial charge in [-0.1, -0.05) is 0 Å². The van der Waals surface area contributed by atoms with Crippen molar-refractivity contribution < 1.29 is 4.39 Å². The van der Waals surface area contributed by atoms with Crippen LogP contribution in [-0.2, 0) is 0 Å². The van der Waals surface area contributed by atoms with Crippen molar-refractivity contribution in [2.45, 2.75) is 6.92 Å². The summed E-state index contributed by atoms with van der Waals surface area (Å²) >= 11 is 0. The molecule has 2 N–H and O–H groups in total. The summed E-state index contributed by atoms with van der Waals surface area (Å²) in [5.74, 6) is 1.05. The predicted octanol–water partition coefficient (Wildman–Crippen LogP) is 2.71. The van der Waals surface area contributed by atoms with Gasteiger partial charge in [0.15, 0.2) is 5.82 Å². The Balaban J connectivity index is 2.25. The number of halogens is 1.